The Bertz CT molecular complexity index is 995. The second kappa shape index (κ2) is 17.7. The van der Waals surface area contributed by atoms with Crippen molar-refractivity contribution in [2.75, 3.05) is 40.8 Å². The molecule has 0 aromatic heterocycles. The highest BCUT2D eigenvalue weighted by atomic mass is 32.2. The summed E-state index contributed by atoms with van der Waals surface area (Å²) < 4.78 is 27.8. The van der Waals surface area contributed by atoms with Crippen LogP contribution in [0.25, 0.3) is 0 Å². The molecule has 0 bridgehead atoms. The molecule has 0 radical (unpaired) electrons. The van der Waals surface area contributed by atoms with Gasteiger partial charge in [-0.3, -0.25) is 19.8 Å². The minimum Gasteiger partial charge on any atom is -0.390 e. The standard InChI is InChI=1S/C31H59N5O6S/c1-8-15-36(16-9-2)31(40)25-18-24(19-26(20-25)43(41,42)34(5)6)30(39)32-27(17-23-13-11-10-12-14-23)28(37)21-35(7)33-29(38)22(3)4/h22-28,37H,8-21H2,1-7H3,(H,32,39)(H,33,38). The van der Waals surface area contributed by atoms with E-state index in [1.807, 2.05) is 13.8 Å². The molecule has 0 spiro atoms. The van der Waals surface area contributed by atoms with Gasteiger partial charge in [-0.2, -0.15) is 0 Å². The van der Waals surface area contributed by atoms with Gasteiger partial charge >= 0.3 is 0 Å². The average molecular weight is 630 g/mol. The highest BCUT2D eigenvalue weighted by Crippen LogP contribution is 2.36. The van der Waals surface area contributed by atoms with E-state index in [1.165, 1.54) is 24.8 Å². The van der Waals surface area contributed by atoms with Gasteiger partial charge in [-0.15, -0.1) is 0 Å². The zero-order chi connectivity index (χ0) is 32.3. The van der Waals surface area contributed by atoms with Crippen LogP contribution in [-0.4, -0.2) is 104 Å². The molecule has 0 aliphatic heterocycles. The van der Waals surface area contributed by atoms with Crippen LogP contribution < -0.4 is 10.7 Å². The smallest absolute Gasteiger partial charge is 0.236 e. The minimum atomic E-state index is -3.70. The van der Waals surface area contributed by atoms with E-state index in [2.05, 4.69) is 10.7 Å². The number of hydrogen-bond donors (Lipinski definition) is 3. The number of nitrogens with one attached hydrogen (secondary N) is 2. The topological polar surface area (TPSA) is 139 Å². The third-order valence-corrected chi connectivity index (χ3v) is 11.2. The largest absolute Gasteiger partial charge is 0.390 e. The van der Waals surface area contributed by atoms with Gasteiger partial charge in [0.05, 0.1) is 17.4 Å². The van der Waals surface area contributed by atoms with Crippen molar-refractivity contribution in [3.8, 4) is 0 Å². The predicted octanol–water partition coefficient (Wildman–Crippen LogP) is 2.75. The van der Waals surface area contributed by atoms with Crippen LogP contribution in [0.1, 0.15) is 98.3 Å². The summed E-state index contributed by atoms with van der Waals surface area (Å²) in [5.41, 5.74) is 2.78. The molecule has 2 aliphatic rings. The highest BCUT2D eigenvalue weighted by molar-refractivity contribution is 7.89. The van der Waals surface area contributed by atoms with Crippen LogP contribution in [0.2, 0.25) is 0 Å². The van der Waals surface area contributed by atoms with Gasteiger partial charge in [0.15, 0.2) is 0 Å². The number of likely N-dealkylation sites (N-methyl/N-ethyl adjacent to an activating group) is 1. The van der Waals surface area contributed by atoms with Crippen molar-refractivity contribution in [3.63, 3.8) is 0 Å². The maximum absolute atomic E-state index is 13.9. The first-order valence-electron chi connectivity index (χ1n) is 16.4. The van der Waals surface area contributed by atoms with E-state index in [0.29, 0.717) is 25.4 Å². The summed E-state index contributed by atoms with van der Waals surface area (Å²) in [6.07, 6.45) is 7.36. The van der Waals surface area contributed by atoms with Crippen LogP contribution in [0.4, 0.5) is 0 Å². The average Bonchev–Trinajstić information content (AvgIpc) is 2.96. The maximum atomic E-state index is 13.9. The second-order valence-corrected chi connectivity index (χ2v) is 15.7. The van der Waals surface area contributed by atoms with Crippen LogP contribution >= 0.6 is 0 Å². The first kappa shape index (κ1) is 37.4. The van der Waals surface area contributed by atoms with Gasteiger partial charge in [0.2, 0.25) is 27.7 Å². The van der Waals surface area contributed by atoms with Gasteiger partial charge in [-0.1, -0.05) is 59.8 Å². The Balaban J connectivity index is 2.29. The monoisotopic (exact) mass is 629 g/mol. The highest BCUT2D eigenvalue weighted by Gasteiger charge is 2.44. The normalized spacial score (nSPS) is 23.3. The number of hydrogen-bond acceptors (Lipinski definition) is 7. The van der Waals surface area contributed by atoms with Crippen molar-refractivity contribution >= 4 is 27.7 Å². The van der Waals surface area contributed by atoms with E-state index >= 15 is 0 Å². The summed E-state index contributed by atoms with van der Waals surface area (Å²) in [6.45, 7) is 8.93. The number of aliphatic hydroxyl groups excluding tert-OH is 1. The molecule has 3 N–H and O–H groups in total. The summed E-state index contributed by atoms with van der Waals surface area (Å²) in [7, 11) is 0.966. The number of nitrogens with zero attached hydrogens (tertiary/aromatic N) is 3. The van der Waals surface area contributed by atoms with Crippen molar-refractivity contribution in [2.24, 2.45) is 23.7 Å². The fourth-order valence-corrected chi connectivity index (χ4v) is 8.07. The molecule has 0 aromatic rings. The lowest BCUT2D eigenvalue weighted by Gasteiger charge is -2.38. The maximum Gasteiger partial charge on any atom is 0.236 e. The van der Waals surface area contributed by atoms with Crippen LogP contribution in [0.5, 0.6) is 0 Å². The number of aliphatic hydroxyl groups is 1. The molecule has 250 valence electrons. The van der Waals surface area contributed by atoms with Gasteiger partial charge in [-0.05, 0) is 44.4 Å². The molecule has 43 heavy (non-hydrogen) atoms. The Hall–Kier alpha value is -1.76. The third-order valence-electron chi connectivity index (χ3n) is 9.00. The lowest BCUT2D eigenvalue weighted by molar-refractivity contribution is -0.138. The summed E-state index contributed by atoms with van der Waals surface area (Å²) in [5.74, 6) is -1.65. The lowest BCUT2D eigenvalue weighted by Crippen LogP contribution is -2.54. The number of sulfonamides is 1. The number of carbonyl (C=O) groups is 3. The van der Waals surface area contributed by atoms with Crippen LogP contribution in [-0.2, 0) is 24.4 Å². The third kappa shape index (κ3) is 11.3. The van der Waals surface area contributed by atoms with Crippen molar-refractivity contribution in [3.05, 3.63) is 0 Å². The fourth-order valence-electron chi connectivity index (χ4n) is 6.52. The molecule has 2 saturated carbocycles. The van der Waals surface area contributed by atoms with Crippen LogP contribution in [0.15, 0.2) is 0 Å². The molecule has 2 aliphatic carbocycles. The van der Waals surface area contributed by atoms with Crippen LogP contribution in [0, 0.1) is 23.7 Å². The van der Waals surface area contributed by atoms with E-state index in [-0.39, 0.29) is 49.4 Å². The molecule has 0 heterocycles. The first-order valence-corrected chi connectivity index (χ1v) is 17.9. The number of carbonyl (C=O) groups excluding carboxylic acids is 3. The number of amides is 3. The summed E-state index contributed by atoms with van der Waals surface area (Å²) in [4.78, 5) is 41.5. The predicted molar refractivity (Wildman–Crippen MR) is 169 cm³/mol. The Morgan fingerprint density at radius 1 is 0.907 bits per heavy atom. The zero-order valence-electron chi connectivity index (χ0n) is 27.7. The van der Waals surface area contributed by atoms with E-state index in [1.54, 1.807) is 30.8 Å². The Morgan fingerprint density at radius 3 is 2.02 bits per heavy atom. The van der Waals surface area contributed by atoms with E-state index < -0.39 is 39.3 Å². The van der Waals surface area contributed by atoms with E-state index in [4.69, 9.17) is 0 Å². The molecule has 12 heteroatoms. The van der Waals surface area contributed by atoms with Gasteiger partial charge in [-0.25, -0.2) is 17.7 Å². The van der Waals surface area contributed by atoms with Gasteiger partial charge in [0, 0.05) is 58.5 Å². The molecular formula is C31H59N5O6S. The van der Waals surface area contributed by atoms with Crippen LogP contribution in [0.3, 0.4) is 0 Å². The quantitative estimate of drug-likeness (QED) is 0.223. The SMILES string of the molecule is CCCN(CCC)C(=O)C1CC(C(=O)NC(CC2CCCCC2)C(O)CN(C)NC(=O)C(C)C)CC(S(=O)(=O)N(C)C)C1. The molecule has 2 rings (SSSR count). The summed E-state index contributed by atoms with van der Waals surface area (Å²) in [5, 5.41) is 15.1. The zero-order valence-corrected chi connectivity index (χ0v) is 28.5. The van der Waals surface area contributed by atoms with Gasteiger partial charge in [0.25, 0.3) is 0 Å². The lowest BCUT2D eigenvalue weighted by atomic mass is 9.79. The minimum absolute atomic E-state index is 0.0820. The van der Waals surface area contributed by atoms with Gasteiger partial charge in [0.1, 0.15) is 0 Å². The first-order chi connectivity index (χ1) is 20.2. The van der Waals surface area contributed by atoms with Gasteiger partial charge < -0.3 is 15.3 Å². The Morgan fingerprint density at radius 2 is 1.49 bits per heavy atom. The Kier molecular flexibility index (Phi) is 15.4. The van der Waals surface area contributed by atoms with Crippen molar-refractivity contribution < 1.29 is 27.9 Å². The molecule has 11 nitrogen and oxygen atoms in total. The van der Waals surface area contributed by atoms with E-state index in [9.17, 15) is 27.9 Å². The molecule has 2 fully saturated rings. The number of hydrazine groups is 1. The summed E-state index contributed by atoms with van der Waals surface area (Å²) in [6, 6.07) is -0.564. The number of rotatable bonds is 16. The molecule has 0 aromatic carbocycles. The van der Waals surface area contributed by atoms with Crippen molar-refractivity contribution in [1.29, 1.82) is 0 Å². The molecule has 0 saturated heterocycles. The summed E-state index contributed by atoms with van der Waals surface area (Å²) >= 11 is 0. The van der Waals surface area contributed by atoms with E-state index in [0.717, 1.165) is 38.5 Å². The fraction of sp³-hybridized carbons (Fsp3) is 0.903. The molecule has 5 unspecified atom stereocenters. The molecule has 5 atom stereocenters. The van der Waals surface area contributed by atoms with Crippen molar-refractivity contribution in [2.45, 2.75) is 116 Å². The molecular weight excluding hydrogens is 570 g/mol. The van der Waals surface area contributed by atoms with Crippen molar-refractivity contribution in [1.82, 2.24) is 25.0 Å². The molecule has 3 amide bonds. The second-order valence-electron chi connectivity index (χ2n) is 13.3. The Labute approximate surface area is 260 Å².